The van der Waals surface area contributed by atoms with E-state index in [2.05, 4.69) is 10.1 Å². The SMILES string of the molecule is Cc1nn2c(nc(N3C[C@@H](O)C[C@@H]3C(N)=O)c3ccccc32)c1Cl. The molecule has 24 heavy (non-hydrogen) atoms. The molecule has 0 unspecified atom stereocenters. The first-order chi connectivity index (χ1) is 11.5. The smallest absolute Gasteiger partial charge is 0.240 e. The third kappa shape index (κ3) is 2.12. The van der Waals surface area contributed by atoms with Gasteiger partial charge >= 0.3 is 0 Å². The summed E-state index contributed by atoms with van der Waals surface area (Å²) in [6.45, 7) is 2.11. The monoisotopic (exact) mass is 345 g/mol. The summed E-state index contributed by atoms with van der Waals surface area (Å²) in [4.78, 5) is 18.2. The van der Waals surface area contributed by atoms with Gasteiger partial charge in [-0.25, -0.2) is 9.50 Å². The maximum Gasteiger partial charge on any atom is 0.240 e. The fourth-order valence-corrected chi connectivity index (χ4v) is 3.47. The number of anilines is 1. The summed E-state index contributed by atoms with van der Waals surface area (Å²) in [5.41, 5.74) is 7.55. The van der Waals surface area contributed by atoms with Crippen LogP contribution >= 0.6 is 11.6 Å². The molecule has 0 radical (unpaired) electrons. The van der Waals surface area contributed by atoms with Crippen LogP contribution in [0.15, 0.2) is 24.3 Å². The molecule has 0 bridgehead atoms. The third-order valence-corrected chi connectivity index (χ3v) is 4.87. The van der Waals surface area contributed by atoms with Crippen LogP contribution in [0.5, 0.6) is 0 Å². The first kappa shape index (κ1) is 15.2. The molecule has 0 aliphatic carbocycles. The first-order valence-corrected chi connectivity index (χ1v) is 8.02. The van der Waals surface area contributed by atoms with Crippen LogP contribution in [-0.2, 0) is 4.79 Å². The number of hydrogen-bond acceptors (Lipinski definition) is 5. The summed E-state index contributed by atoms with van der Waals surface area (Å²) in [6.07, 6.45) is -0.330. The molecule has 1 aromatic carbocycles. The Kier molecular flexibility index (Phi) is 3.36. The number of para-hydroxylation sites is 1. The van der Waals surface area contributed by atoms with Gasteiger partial charge in [-0.3, -0.25) is 4.79 Å². The molecular weight excluding hydrogens is 330 g/mol. The molecule has 0 spiro atoms. The van der Waals surface area contributed by atoms with Crippen molar-refractivity contribution in [3.63, 3.8) is 0 Å². The number of aliphatic hydroxyl groups is 1. The second-order valence-corrected chi connectivity index (χ2v) is 6.43. The minimum Gasteiger partial charge on any atom is -0.391 e. The zero-order chi connectivity index (χ0) is 17.0. The number of hydrogen-bond donors (Lipinski definition) is 2. The number of carbonyl (C=O) groups excluding carboxylic acids is 1. The van der Waals surface area contributed by atoms with Crippen molar-refractivity contribution in [3.8, 4) is 0 Å². The Morgan fingerprint density at radius 2 is 2.17 bits per heavy atom. The molecule has 7 nitrogen and oxygen atoms in total. The number of rotatable bonds is 2. The van der Waals surface area contributed by atoms with E-state index in [1.54, 1.807) is 9.42 Å². The Bertz CT molecular complexity index is 970. The fraction of sp³-hybridized carbons (Fsp3) is 0.312. The summed E-state index contributed by atoms with van der Waals surface area (Å²) < 4.78 is 1.70. The van der Waals surface area contributed by atoms with Crippen molar-refractivity contribution < 1.29 is 9.90 Å². The van der Waals surface area contributed by atoms with Crippen molar-refractivity contribution in [2.75, 3.05) is 11.4 Å². The van der Waals surface area contributed by atoms with E-state index >= 15 is 0 Å². The second-order valence-electron chi connectivity index (χ2n) is 6.05. The fourth-order valence-electron chi connectivity index (χ4n) is 3.30. The van der Waals surface area contributed by atoms with Crippen molar-refractivity contribution in [1.29, 1.82) is 0 Å². The predicted octanol–water partition coefficient (Wildman–Crippen LogP) is 1.27. The lowest BCUT2D eigenvalue weighted by Crippen LogP contribution is -2.41. The number of fused-ring (bicyclic) bond motifs is 3. The zero-order valence-electron chi connectivity index (χ0n) is 13.0. The van der Waals surface area contributed by atoms with Crippen molar-refractivity contribution in [3.05, 3.63) is 35.0 Å². The molecule has 124 valence electrons. The number of aliphatic hydroxyl groups excluding tert-OH is 1. The molecule has 2 aromatic heterocycles. The Morgan fingerprint density at radius 1 is 1.42 bits per heavy atom. The van der Waals surface area contributed by atoms with Crippen LogP contribution in [0, 0.1) is 6.92 Å². The lowest BCUT2D eigenvalue weighted by molar-refractivity contribution is -0.119. The van der Waals surface area contributed by atoms with Gasteiger partial charge in [0.15, 0.2) is 5.65 Å². The van der Waals surface area contributed by atoms with Gasteiger partial charge in [-0.15, -0.1) is 0 Å². The second kappa shape index (κ2) is 5.32. The topological polar surface area (TPSA) is 96.8 Å². The van der Waals surface area contributed by atoms with Gasteiger partial charge < -0.3 is 15.7 Å². The lowest BCUT2D eigenvalue weighted by atomic mass is 10.1. The van der Waals surface area contributed by atoms with E-state index in [0.29, 0.717) is 35.1 Å². The van der Waals surface area contributed by atoms with Crippen molar-refractivity contribution in [2.24, 2.45) is 5.73 Å². The van der Waals surface area contributed by atoms with Crippen LogP contribution in [0.25, 0.3) is 16.6 Å². The summed E-state index contributed by atoms with van der Waals surface area (Å²) in [5, 5.41) is 15.7. The van der Waals surface area contributed by atoms with Gasteiger partial charge in [0.1, 0.15) is 16.9 Å². The van der Waals surface area contributed by atoms with Gasteiger partial charge in [-0.1, -0.05) is 23.7 Å². The van der Waals surface area contributed by atoms with Gasteiger partial charge in [0.2, 0.25) is 5.91 Å². The normalized spacial score (nSPS) is 21.0. The molecular formula is C16H16ClN5O2. The maximum absolute atomic E-state index is 11.8. The molecule has 1 amide bonds. The number of nitrogens with zero attached hydrogens (tertiary/aromatic N) is 4. The first-order valence-electron chi connectivity index (χ1n) is 7.65. The number of aryl methyl sites for hydroxylation is 1. The molecule has 4 rings (SSSR count). The van der Waals surface area contributed by atoms with Gasteiger partial charge in [0, 0.05) is 18.4 Å². The quantitative estimate of drug-likeness (QED) is 0.729. The van der Waals surface area contributed by atoms with Gasteiger partial charge in [0.25, 0.3) is 0 Å². The average molecular weight is 346 g/mol. The van der Waals surface area contributed by atoms with Crippen molar-refractivity contribution >= 4 is 39.9 Å². The molecule has 1 fully saturated rings. The highest BCUT2D eigenvalue weighted by Crippen LogP contribution is 2.33. The maximum atomic E-state index is 11.8. The number of nitrogens with two attached hydrogens (primary N) is 1. The Hall–Kier alpha value is -2.38. The van der Waals surface area contributed by atoms with E-state index in [9.17, 15) is 9.90 Å². The number of primary amides is 1. The summed E-state index contributed by atoms with van der Waals surface area (Å²) in [6, 6.07) is 7.03. The van der Waals surface area contributed by atoms with Gasteiger partial charge in [-0.2, -0.15) is 5.10 Å². The number of carbonyl (C=O) groups is 1. The molecule has 2 atom stereocenters. The van der Waals surface area contributed by atoms with E-state index in [1.807, 2.05) is 31.2 Å². The molecule has 1 aliphatic rings. The molecule has 1 saturated heterocycles. The highest BCUT2D eigenvalue weighted by atomic mass is 35.5. The summed E-state index contributed by atoms with van der Waals surface area (Å²) in [7, 11) is 0. The molecule has 3 heterocycles. The number of benzene rings is 1. The van der Waals surface area contributed by atoms with Crippen molar-refractivity contribution in [2.45, 2.75) is 25.5 Å². The third-order valence-electron chi connectivity index (χ3n) is 4.43. The minimum atomic E-state index is -0.624. The molecule has 1 aliphatic heterocycles. The van der Waals surface area contributed by atoms with Crippen LogP contribution in [0.2, 0.25) is 5.02 Å². The number of halogens is 1. The molecule has 0 saturated carbocycles. The number of amides is 1. The van der Waals surface area contributed by atoms with E-state index in [-0.39, 0.29) is 0 Å². The van der Waals surface area contributed by atoms with Crippen molar-refractivity contribution in [1.82, 2.24) is 14.6 Å². The van der Waals surface area contributed by atoms with E-state index in [1.165, 1.54) is 0 Å². The molecule has 8 heteroatoms. The Balaban J connectivity index is 2.03. The van der Waals surface area contributed by atoms with E-state index in [4.69, 9.17) is 17.3 Å². The Morgan fingerprint density at radius 3 is 2.92 bits per heavy atom. The van der Waals surface area contributed by atoms with Crippen LogP contribution in [0.4, 0.5) is 5.82 Å². The molecule has 3 N–H and O–H groups in total. The Labute approximate surface area is 142 Å². The summed E-state index contributed by atoms with van der Waals surface area (Å²) in [5.74, 6) is 0.105. The predicted molar refractivity (Wildman–Crippen MR) is 91.2 cm³/mol. The summed E-state index contributed by atoms with van der Waals surface area (Å²) >= 11 is 6.34. The zero-order valence-corrected chi connectivity index (χ0v) is 13.7. The van der Waals surface area contributed by atoms with E-state index < -0.39 is 18.1 Å². The van der Waals surface area contributed by atoms with Gasteiger partial charge in [0.05, 0.1) is 17.3 Å². The standard InChI is InChI=1S/C16H16ClN5O2/c1-8-13(17)16-19-15(21-7-9(23)6-12(21)14(18)24)10-4-2-3-5-11(10)22(16)20-8/h2-5,9,12,23H,6-7H2,1H3,(H2,18,24)/t9-,12+/m0/s1. The van der Waals surface area contributed by atoms with Gasteiger partial charge in [-0.05, 0) is 19.1 Å². The van der Waals surface area contributed by atoms with Crippen LogP contribution in [0.3, 0.4) is 0 Å². The largest absolute Gasteiger partial charge is 0.391 e. The minimum absolute atomic E-state index is 0.294. The van der Waals surface area contributed by atoms with Crippen LogP contribution in [-0.4, -0.2) is 44.3 Å². The van der Waals surface area contributed by atoms with Crippen LogP contribution in [0.1, 0.15) is 12.1 Å². The number of β-amino-alcohol motifs (C(OH)–C–C–N with tert-alkyl or cyclic N) is 1. The highest BCUT2D eigenvalue weighted by Gasteiger charge is 2.36. The molecule has 3 aromatic rings. The van der Waals surface area contributed by atoms with Crippen LogP contribution < -0.4 is 10.6 Å². The number of aromatic nitrogens is 3. The average Bonchev–Trinajstić information content (AvgIpc) is 3.08. The van der Waals surface area contributed by atoms with E-state index in [0.717, 1.165) is 10.9 Å². The highest BCUT2D eigenvalue weighted by molar-refractivity contribution is 6.34. The lowest BCUT2D eigenvalue weighted by Gasteiger charge is -2.24.